The van der Waals surface area contributed by atoms with Crippen LogP contribution in [0.4, 0.5) is 0 Å². The van der Waals surface area contributed by atoms with Crippen molar-refractivity contribution in [2.45, 2.75) is 26.8 Å². The van der Waals surface area contributed by atoms with Gasteiger partial charge in [-0.25, -0.2) is 0 Å². The SMILES string of the molecule is CNC(C=C(C)C)c1ccnc(C)c1. The second-order valence-electron chi connectivity index (χ2n) is 3.74. The number of aryl methyl sites for hydroxylation is 1. The van der Waals surface area contributed by atoms with Crippen LogP contribution < -0.4 is 5.32 Å². The molecule has 0 aliphatic carbocycles. The molecule has 0 aliphatic rings. The minimum Gasteiger partial charge on any atom is -0.310 e. The second kappa shape index (κ2) is 4.91. The van der Waals surface area contributed by atoms with E-state index in [1.165, 1.54) is 11.1 Å². The minimum atomic E-state index is 0.293. The Labute approximate surface area is 86.1 Å². The lowest BCUT2D eigenvalue weighted by molar-refractivity contribution is 0.707. The maximum absolute atomic E-state index is 4.19. The van der Waals surface area contributed by atoms with Gasteiger partial charge in [0.15, 0.2) is 0 Å². The maximum atomic E-state index is 4.19. The van der Waals surface area contributed by atoms with Crippen LogP contribution in [0, 0.1) is 6.92 Å². The molecule has 1 N–H and O–H groups in total. The molecule has 0 aromatic carbocycles. The highest BCUT2D eigenvalue weighted by molar-refractivity contribution is 5.24. The van der Waals surface area contributed by atoms with Crippen molar-refractivity contribution >= 4 is 0 Å². The van der Waals surface area contributed by atoms with E-state index in [2.05, 4.69) is 36.3 Å². The highest BCUT2D eigenvalue weighted by Gasteiger charge is 2.05. The van der Waals surface area contributed by atoms with E-state index in [0.29, 0.717) is 6.04 Å². The summed E-state index contributed by atoms with van der Waals surface area (Å²) >= 11 is 0. The lowest BCUT2D eigenvalue weighted by Gasteiger charge is -2.13. The van der Waals surface area contributed by atoms with E-state index in [1.807, 2.05) is 26.2 Å². The van der Waals surface area contributed by atoms with Crippen molar-refractivity contribution in [3.63, 3.8) is 0 Å². The van der Waals surface area contributed by atoms with Gasteiger partial charge in [-0.15, -0.1) is 0 Å². The van der Waals surface area contributed by atoms with Crippen molar-refractivity contribution in [2.75, 3.05) is 7.05 Å². The van der Waals surface area contributed by atoms with Crippen LogP contribution in [0.25, 0.3) is 0 Å². The fourth-order valence-electron chi connectivity index (χ4n) is 1.44. The quantitative estimate of drug-likeness (QED) is 0.741. The smallest absolute Gasteiger partial charge is 0.0507 e. The average Bonchev–Trinajstić information content (AvgIpc) is 2.14. The van der Waals surface area contributed by atoms with Crippen molar-refractivity contribution in [3.8, 4) is 0 Å². The van der Waals surface area contributed by atoms with Crippen molar-refractivity contribution in [1.82, 2.24) is 10.3 Å². The molecule has 2 heteroatoms. The Morgan fingerprint density at radius 2 is 2.21 bits per heavy atom. The van der Waals surface area contributed by atoms with Crippen LogP contribution in [-0.4, -0.2) is 12.0 Å². The summed E-state index contributed by atoms with van der Waals surface area (Å²) in [5.41, 5.74) is 3.64. The van der Waals surface area contributed by atoms with Gasteiger partial charge in [-0.1, -0.05) is 11.6 Å². The monoisotopic (exact) mass is 190 g/mol. The molecule has 2 nitrogen and oxygen atoms in total. The van der Waals surface area contributed by atoms with Gasteiger partial charge in [-0.2, -0.15) is 0 Å². The number of nitrogens with one attached hydrogen (secondary N) is 1. The van der Waals surface area contributed by atoms with E-state index in [0.717, 1.165) is 5.69 Å². The van der Waals surface area contributed by atoms with Gasteiger partial charge < -0.3 is 5.32 Å². The molecule has 0 spiro atoms. The molecule has 0 amide bonds. The highest BCUT2D eigenvalue weighted by atomic mass is 14.9. The summed E-state index contributed by atoms with van der Waals surface area (Å²) in [4.78, 5) is 4.19. The lowest BCUT2D eigenvalue weighted by Crippen LogP contribution is -2.14. The zero-order valence-corrected chi connectivity index (χ0v) is 9.33. The molecule has 1 heterocycles. The van der Waals surface area contributed by atoms with Crippen LogP contribution in [-0.2, 0) is 0 Å². The van der Waals surface area contributed by atoms with E-state index in [4.69, 9.17) is 0 Å². The Morgan fingerprint density at radius 1 is 1.50 bits per heavy atom. The van der Waals surface area contributed by atoms with Gasteiger partial charge in [0.05, 0.1) is 6.04 Å². The molecule has 0 saturated carbocycles. The van der Waals surface area contributed by atoms with E-state index in [1.54, 1.807) is 0 Å². The molecule has 0 bridgehead atoms. The molecule has 0 radical (unpaired) electrons. The lowest BCUT2D eigenvalue weighted by atomic mass is 10.1. The molecule has 14 heavy (non-hydrogen) atoms. The summed E-state index contributed by atoms with van der Waals surface area (Å²) in [6.45, 7) is 6.23. The van der Waals surface area contributed by atoms with Crippen molar-refractivity contribution < 1.29 is 0 Å². The first kappa shape index (κ1) is 10.9. The number of allylic oxidation sites excluding steroid dienone is 1. The molecule has 1 atom stereocenters. The van der Waals surface area contributed by atoms with Crippen LogP contribution in [0.1, 0.15) is 31.1 Å². The Kier molecular flexibility index (Phi) is 3.84. The Hall–Kier alpha value is -1.15. The molecule has 0 saturated heterocycles. The Morgan fingerprint density at radius 3 is 2.71 bits per heavy atom. The van der Waals surface area contributed by atoms with E-state index < -0.39 is 0 Å². The predicted molar refractivity (Wildman–Crippen MR) is 60.2 cm³/mol. The van der Waals surface area contributed by atoms with Crippen molar-refractivity contribution in [1.29, 1.82) is 0 Å². The summed E-state index contributed by atoms with van der Waals surface area (Å²) in [6, 6.07) is 4.45. The third kappa shape index (κ3) is 2.96. The fourth-order valence-corrected chi connectivity index (χ4v) is 1.44. The van der Waals surface area contributed by atoms with Gasteiger partial charge in [0, 0.05) is 11.9 Å². The van der Waals surface area contributed by atoms with Crippen LogP contribution in [0.3, 0.4) is 0 Å². The zero-order valence-electron chi connectivity index (χ0n) is 9.33. The molecule has 1 aromatic rings. The standard InChI is InChI=1S/C12H18N2/c1-9(2)7-12(13-4)11-5-6-14-10(3)8-11/h5-8,12-13H,1-4H3. The molecule has 1 aromatic heterocycles. The van der Waals surface area contributed by atoms with Gasteiger partial charge in [0.25, 0.3) is 0 Å². The van der Waals surface area contributed by atoms with Crippen LogP contribution in [0.15, 0.2) is 30.0 Å². The van der Waals surface area contributed by atoms with Crippen LogP contribution in [0.2, 0.25) is 0 Å². The largest absolute Gasteiger partial charge is 0.310 e. The van der Waals surface area contributed by atoms with Gasteiger partial charge in [0.2, 0.25) is 0 Å². The van der Waals surface area contributed by atoms with Crippen LogP contribution in [0.5, 0.6) is 0 Å². The number of nitrogens with zero attached hydrogens (tertiary/aromatic N) is 1. The third-order valence-corrected chi connectivity index (χ3v) is 2.09. The van der Waals surface area contributed by atoms with Gasteiger partial charge in [0.1, 0.15) is 0 Å². The molecular formula is C12H18N2. The first-order chi connectivity index (χ1) is 6.63. The predicted octanol–water partition coefficient (Wildman–Crippen LogP) is 2.62. The molecular weight excluding hydrogens is 172 g/mol. The van der Waals surface area contributed by atoms with Gasteiger partial charge in [-0.05, 0) is 45.5 Å². The average molecular weight is 190 g/mol. The Balaban J connectivity index is 2.95. The zero-order chi connectivity index (χ0) is 10.6. The number of hydrogen-bond donors (Lipinski definition) is 1. The van der Waals surface area contributed by atoms with E-state index in [9.17, 15) is 0 Å². The number of aromatic nitrogens is 1. The molecule has 0 fully saturated rings. The van der Waals surface area contributed by atoms with Gasteiger partial charge >= 0.3 is 0 Å². The molecule has 1 unspecified atom stereocenters. The number of pyridine rings is 1. The second-order valence-corrected chi connectivity index (χ2v) is 3.74. The maximum Gasteiger partial charge on any atom is 0.0507 e. The van der Waals surface area contributed by atoms with Crippen molar-refractivity contribution in [3.05, 3.63) is 41.2 Å². The topological polar surface area (TPSA) is 24.9 Å². The first-order valence-corrected chi connectivity index (χ1v) is 4.88. The summed E-state index contributed by atoms with van der Waals surface area (Å²) in [7, 11) is 1.97. The molecule has 0 aliphatic heterocycles. The van der Waals surface area contributed by atoms with Crippen molar-refractivity contribution in [2.24, 2.45) is 0 Å². The normalized spacial score (nSPS) is 12.3. The van der Waals surface area contributed by atoms with E-state index >= 15 is 0 Å². The first-order valence-electron chi connectivity index (χ1n) is 4.88. The summed E-state index contributed by atoms with van der Waals surface area (Å²) in [5, 5.41) is 3.27. The highest BCUT2D eigenvalue weighted by Crippen LogP contribution is 2.15. The van der Waals surface area contributed by atoms with Crippen LogP contribution >= 0.6 is 0 Å². The minimum absolute atomic E-state index is 0.293. The molecule has 76 valence electrons. The summed E-state index contributed by atoms with van der Waals surface area (Å²) in [6.07, 6.45) is 4.07. The number of likely N-dealkylation sites (N-methyl/N-ethyl adjacent to an activating group) is 1. The summed E-state index contributed by atoms with van der Waals surface area (Å²) < 4.78 is 0. The number of hydrogen-bond acceptors (Lipinski definition) is 2. The Bertz CT molecular complexity index is 325. The van der Waals surface area contributed by atoms with E-state index in [-0.39, 0.29) is 0 Å². The van der Waals surface area contributed by atoms with Gasteiger partial charge in [-0.3, -0.25) is 4.98 Å². The third-order valence-electron chi connectivity index (χ3n) is 2.09. The number of rotatable bonds is 3. The molecule has 1 rings (SSSR count). The fraction of sp³-hybridized carbons (Fsp3) is 0.417. The summed E-state index contributed by atoms with van der Waals surface area (Å²) in [5.74, 6) is 0.